The summed E-state index contributed by atoms with van der Waals surface area (Å²) in [5.41, 5.74) is -0.466. The highest BCUT2D eigenvalue weighted by atomic mass is 32.2. The zero-order chi connectivity index (χ0) is 28.7. The fourth-order valence-corrected chi connectivity index (χ4v) is 8.71. The number of amides is 2. The Morgan fingerprint density at radius 2 is 1.82 bits per heavy atom. The number of carbonyl (C=O) groups is 3. The van der Waals surface area contributed by atoms with Crippen LogP contribution >= 0.6 is 11.8 Å². The molecule has 2 heterocycles. The zero-order valence-corrected chi connectivity index (χ0v) is 24.5. The first-order valence-corrected chi connectivity index (χ1v) is 15.7. The van der Waals surface area contributed by atoms with Crippen molar-refractivity contribution in [2.45, 2.75) is 95.9 Å². The van der Waals surface area contributed by atoms with E-state index in [0.717, 1.165) is 19.3 Å². The molecule has 2 amide bonds. The Bertz CT molecular complexity index is 1150. The quantitative estimate of drug-likeness (QED) is 0.354. The van der Waals surface area contributed by atoms with Gasteiger partial charge in [0.1, 0.15) is 23.4 Å². The highest BCUT2D eigenvalue weighted by molar-refractivity contribution is 7.99. The fourth-order valence-electron chi connectivity index (χ4n) is 7.52. The molecule has 2 saturated heterocycles. The van der Waals surface area contributed by atoms with Gasteiger partial charge in [-0.15, -0.1) is 4.91 Å². The summed E-state index contributed by atoms with van der Waals surface area (Å²) in [5.74, 6) is 0.785. The van der Waals surface area contributed by atoms with E-state index in [4.69, 9.17) is 4.74 Å². The number of esters is 1. The smallest absolute Gasteiger partial charge is 0.329 e. The fraction of sp³-hybridized carbons (Fsp3) is 0.700. The normalized spacial score (nSPS) is 31.0. The van der Waals surface area contributed by atoms with Gasteiger partial charge in [0.15, 0.2) is 6.04 Å². The molecule has 218 valence electrons. The standard InChI is InChI=1S/C30H41N3O6S/c1-28(2)20-10-11-29(28,3)24(18-20)39-26(36)23-5-4-14-33(23)27(37)30(12-15-40-16-13-30)31-25(35)22(32-38)17-19-6-8-21(34)9-7-19/h6-9,20,22-24,34H,4-5,10-18H2,1-3H3,(H,31,35). The Morgan fingerprint density at radius 3 is 2.42 bits per heavy atom. The Hall–Kier alpha value is -2.62. The van der Waals surface area contributed by atoms with Gasteiger partial charge in [0.2, 0.25) is 11.8 Å². The molecule has 40 heavy (non-hydrogen) atoms. The molecule has 0 spiro atoms. The van der Waals surface area contributed by atoms with Gasteiger partial charge in [-0.05, 0) is 85.5 Å². The van der Waals surface area contributed by atoms with E-state index in [-0.39, 0.29) is 41.0 Å². The van der Waals surface area contributed by atoms with Gasteiger partial charge in [0.05, 0.1) is 0 Å². The molecule has 0 radical (unpaired) electrons. The Labute approximate surface area is 240 Å². The van der Waals surface area contributed by atoms with Gasteiger partial charge in [0.25, 0.3) is 0 Å². The molecule has 1 aromatic rings. The largest absolute Gasteiger partial charge is 0.508 e. The summed E-state index contributed by atoms with van der Waals surface area (Å²) in [4.78, 5) is 54.4. The van der Waals surface area contributed by atoms with Crippen molar-refractivity contribution in [3.63, 3.8) is 0 Å². The summed E-state index contributed by atoms with van der Waals surface area (Å²) in [6, 6.07) is 4.37. The molecule has 2 aliphatic heterocycles. The van der Waals surface area contributed by atoms with Gasteiger partial charge in [0, 0.05) is 18.4 Å². The molecule has 4 aliphatic rings. The number of hydrogen-bond acceptors (Lipinski definition) is 8. The van der Waals surface area contributed by atoms with Crippen LogP contribution in [0.3, 0.4) is 0 Å². The van der Waals surface area contributed by atoms with Gasteiger partial charge in [-0.3, -0.25) is 9.59 Å². The van der Waals surface area contributed by atoms with Crippen LogP contribution in [0.2, 0.25) is 0 Å². The summed E-state index contributed by atoms with van der Waals surface area (Å²) in [6.45, 7) is 7.22. The van der Waals surface area contributed by atoms with Crippen LogP contribution in [0.1, 0.15) is 71.3 Å². The molecule has 10 heteroatoms. The molecule has 1 aromatic carbocycles. The first-order valence-electron chi connectivity index (χ1n) is 14.5. The van der Waals surface area contributed by atoms with Crippen LogP contribution in [0, 0.1) is 21.7 Å². The third-order valence-corrected chi connectivity index (χ3v) is 11.7. The number of carbonyl (C=O) groups excluding carboxylic acids is 3. The average Bonchev–Trinajstić information content (AvgIpc) is 3.56. The number of phenolic OH excluding ortho intramolecular Hbond substituents is 1. The minimum Gasteiger partial charge on any atom is -0.508 e. The van der Waals surface area contributed by atoms with Crippen LogP contribution in [-0.2, 0) is 25.5 Å². The highest BCUT2D eigenvalue weighted by Gasteiger charge is 2.63. The molecule has 2 N–H and O–H groups in total. The third-order valence-electron chi connectivity index (χ3n) is 10.7. The summed E-state index contributed by atoms with van der Waals surface area (Å²) in [6.07, 6.45) is 5.06. The van der Waals surface area contributed by atoms with E-state index >= 15 is 0 Å². The predicted octanol–water partition coefficient (Wildman–Crippen LogP) is 4.20. The number of nitrogens with one attached hydrogen (secondary N) is 1. The van der Waals surface area contributed by atoms with Crippen molar-refractivity contribution in [1.29, 1.82) is 0 Å². The maximum absolute atomic E-state index is 14.2. The summed E-state index contributed by atoms with van der Waals surface area (Å²) >= 11 is 1.71. The maximum Gasteiger partial charge on any atom is 0.329 e. The number of phenols is 1. The van der Waals surface area contributed by atoms with E-state index in [9.17, 15) is 24.4 Å². The number of fused-ring (bicyclic) bond motifs is 2. The number of nitrogens with zero attached hydrogens (tertiary/aromatic N) is 2. The van der Waals surface area contributed by atoms with Gasteiger partial charge in [-0.2, -0.15) is 11.8 Å². The minimum absolute atomic E-state index is 0.0603. The van der Waals surface area contributed by atoms with E-state index in [2.05, 4.69) is 31.3 Å². The van der Waals surface area contributed by atoms with Crippen LogP contribution in [0.4, 0.5) is 0 Å². The summed E-state index contributed by atoms with van der Waals surface area (Å²) in [5, 5.41) is 15.5. The lowest BCUT2D eigenvalue weighted by molar-refractivity contribution is -0.166. The summed E-state index contributed by atoms with van der Waals surface area (Å²) in [7, 11) is 0. The molecule has 5 rings (SSSR count). The lowest BCUT2D eigenvalue weighted by atomic mass is 9.70. The second-order valence-electron chi connectivity index (χ2n) is 12.9. The van der Waals surface area contributed by atoms with Crippen LogP contribution in [-0.4, -0.2) is 69.6 Å². The third kappa shape index (κ3) is 5.01. The minimum atomic E-state index is -1.22. The van der Waals surface area contributed by atoms with Crippen molar-refractivity contribution in [1.82, 2.24) is 10.2 Å². The lowest BCUT2D eigenvalue weighted by Gasteiger charge is -2.41. The Balaban J connectivity index is 1.30. The molecule has 9 nitrogen and oxygen atoms in total. The van der Waals surface area contributed by atoms with Crippen molar-refractivity contribution >= 4 is 29.5 Å². The second kappa shape index (κ2) is 11.0. The van der Waals surface area contributed by atoms with Crippen molar-refractivity contribution in [3.8, 4) is 5.75 Å². The number of thioether (sulfide) groups is 1. The SMILES string of the molecule is CC1(C)C2CCC1(C)C(OC(=O)C1CCCN1C(=O)C1(NC(=O)C(Cc3ccc(O)cc3)N=O)CCSCC1)C2. The van der Waals surface area contributed by atoms with E-state index in [0.29, 0.717) is 55.2 Å². The zero-order valence-electron chi connectivity index (χ0n) is 23.7. The molecule has 4 fully saturated rings. The van der Waals surface area contributed by atoms with E-state index in [1.807, 2.05) is 0 Å². The lowest BCUT2D eigenvalue weighted by Crippen LogP contribution is -2.64. The van der Waals surface area contributed by atoms with Crippen molar-refractivity contribution < 1.29 is 24.2 Å². The Morgan fingerprint density at radius 1 is 1.12 bits per heavy atom. The number of ether oxygens (including phenoxy) is 1. The number of benzene rings is 1. The molecule has 5 unspecified atom stereocenters. The van der Waals surface area contributed by atoms with Gasteiger partial charge >= 0.3 is 5.97 Å². The van der Waals surface area contributed by atoms with E-state index in [1.165, 1.54) is 12.1 Å². The van der Waals surface area contributed by atoms with E-state index < -0.39 is 23.5 Å². The van der Waals surface area contributed by atoms with Crippen molar-refractivity contribution in [3.05, 3.63) is 34.7 Å². The monoisotopic (exact) mass is 571 g/mol. The topological polar surface area (TPSA) is 125 Å². The number of rotatable bonds is 8. The number of aromatic hydroxyl groups is 1. The van der Waals surface area contributed by atoms with Crippen LogP contribution in [0.15, 0.2) is 29.4 Å². The predicted molar refractivity (Wildman–Crippen MR) is 153 cm³/mol. The highest BCUT2D eigenvalue weighted by Crippen LogP contribution is 2.66. The Kier molecular flexibility index (Phi) is 7.94. The second-order valence-corrected chi connectivity index (χ2v) is 14.1. The van der Waals surface area contributed by atoms with Gasteiger partial charge in [-0.1, -0.05) is 38.1 Å². The molecule has 5 atom stereocenters. The van der Waals surface area contributed by atoms with E-state index in [1.54, 1.807) is 28.8 Å². The molecule has 2 saturated carbocycles. The first-order chi connectivity index (χ1) is 19.0. The maximum atomic E-state index is 14.2. The van der Waals surface area contributed by atoms with Gasteiger partial charge < -0.3 is 20.1 Å². The molecular formula is C30H41N3O6S. The molecule has 0 aromatic heterocycles. The molecule has 2 bridgehead atoms. The first kappa shape index (κ1) is 28.9. The van der Waals surface area contributed by atoms with Crippen LogP contribution in [0.25, 0.3) is 0 Å². The van der Waals surface area contributed by atoms with Gasteiger partial charge in [-0.25, -0.2) is 4.79 Å². The molecule has 2 aliphatic carbocycles. The number of likely N-dealkylation sites (tertiary alicyclic amines) is 1. The van der Waals surface area contributed by atoms with Crippen molar-refractivity contribution in [2.24, 2.45) is 21.9 Å². The average molecular weight is 572 g/mol. The molecular weight excluding hydrogens is 530 g/mol. The number of hydrogen-bond donors (Lipinski definition) is 2. The van der Waals surface area contributed by atoms with Crippen molar-refractivity contribution in [2.75, 3.05) is 18.1 Å². The number of nitroso groups, excluding NO2 is 1. The van der Waals surface area contributed by atoms with Crippen LogP contribution in [0.5, 0.6) is 5.75 Å². The van der Waals surface area contributed by atoms with Crippen LogP contribution < -0.4 is 5.32 Å². The summed E-state index contributed by atoms with van der Waals surface area (Å²) < 4.78 is 6.18.